The molecule has 2 aromatic rings. The number of anilines is 1. The van der Waals surface area contributed by atoms with Crippen molar-refractivity contribution >= 4 is 44.5 Å². The Bertz CT molecular complexity index is 761. The fourth-order valence-corrected chi connectivity index (χ4v) is 5.80. The van der Waals surface area contributed by atoms with Crippen molar-refractivity contribution in [3.63, 3.8) is 0 Å². The van der Waals surface area contributed by atoms with Crippen molar-refractivity contribution in [2.45, 2.75) is 16.8 Å². The molecule has 2 heterocycles. The molecule has 1 saturated heterocycles. The number of hydrogen-bond acceptors (Lipinski definition) is 6. The van der Waals surface area contributed by atoms with Crippen LogP contribution in [0.15, 0.2) is 46.2 Å². The van der Waals surface area contributed by atoms with Gasteiger partial charge in [-0.15, -0.1) is 11.3 Å². The van der Waals surface area contributed by atoms with Crippen molar-refractivity contribution in [2.24, 2.45) is 0 Å². The smallest absolute Gasteiger partial charge is 0.237 e. The van der Waals surface area contributed by atoms with Crippen LogP contribution in [0.4, 0.5) is 5.69 Å². The van der Waals surface area contributed by atoms with E-state index >= 15 is 0 Å². The molecule has 1 aromatic carbocycles. The Labute approximate surface area is 143 Å². The highest BCUT2D eigenvalue weighted by molar-refractivity contribution is 8.01. The topological polar surface area (TPSA) is 67.3 Å². The van der Waals surface area contributed by atoms with Gasteiger partial charge in [-0.05, 0) is 18.6 Å². The number of amides is 1. The normalized spacial score (nSPS) is 19.6. The number of benzene rings is 1. The molecule has 0 bridgehead atoms. The highest BCUT2D eigenvalue weighted by Crippen LogP contribution is 2.27. The number of carbonyl (C=O) groups excluding carboxylic acids is 1. The van der Waals surface area contributed by atoms with Crippen LogP contribution in [0, 0.1) is 0 Å². The first kappa shape index (κ1) is 16.5. The first-order chi connectivity index (χ1) is 11.1. The molecule has 1 aliphatic heterocycles. The molecule has 0 N–H and O–H groups in total. The van der Waals surface area contributed by atoms with Crippen molar-refractivity contribution in [2.75, 3.05) is 22.2 Å². The zero-order valence-corrected chi connectivity index (χ0v) is 14.7. The van der Waals surface area contributed by atoms with Crippen molar-refractivity contribution in [3.8, 4) is 0 Å². The van der Waals surface area contributed by atoms with Crippen LogP contribution in [-0.4, -0.2) is 42.6 Å². The summed E-state index contributed by atoms with van der Waals surface area (Å²) >= 11 is 2.87. The number of thioether (sulfide) groups is 1. The molecule has 8 heteroatoms. The molecule has 0 saturated carbocycles. The van der Waals surface area contributed by atoms with Gasteiger partial charge >= 0.3 is 0 Å². The average molecular weight is 369 g/mol. The summed E-state index contributed by atoms with van der Waals surface area (Å²) in [5, 5.41) is 1.87. The maximum absolute atomic E-state index is 12.7. The minimum absolute atomic E-state index is 0.0373. The Kier molecular flexibility index (Phi) is 5.03. The predicted molar refractivity (Wildman–Crippen MR) is 93.8 cm³/mol. The highest BCUT2D eigenvalue weighted by Gasteiger charge is 2.35. The maximum atomic E-state index is 12.7. The van der Waals surface area contributed by atoms with E-state index in [2.05, 4.69) is 4.98 Å². The van der Waals surface area contributed by atoms with Crippen LogP contribution in [-0.2, 0) is 14.6 Å². The van der Waals surface area contributed by atoms with Crippen molar-refractivity contribution in [1.29, 1.82) is 0 Å². The maximum Gasteiger partial charge on any atom is 0.237 e. The third-order valence-electron chi connectivity index (χ3n) is 3.61. The predicted octanol–water partition coefficient (Wildman–Crippen LogP) is 2.46. The van der Waals surface area contributed by atoms with Crippen LogP contribution in [0.1, 0.15) is 6.42 Å². The molecule has 1 amide bonds. The number of rotatable bonds is 5. The van der Waals surface area contributed by atoms with Gasteiger partial charge in [-0.2, -0.15) is 0 Å². The second kappa shape index (κ2) is 7.02. The van der Waals surface area contributed by atoms with Gasteiger partial charge in [0, 0.05) is 17.3 Å². The number of hydrogen-bond donors (Lipinski definition) is 0. The van der Waals surface area contributed by atoms with Gasteiger partial charge in [0.2, 0.25) is 5.91 Å². The molecule has 1 unspecified atom stereocenters. The van der Waals surface area contributed by atoms with Crippen LogP contribution in [0.2, 0.25) is 0 Å². The second-order valence-corrected chi connectivity index (χ2v) is 9.59. The number of carbonyl (C=O) groups is 1. The van der Waals surface area contributed by atoms with Gasteiger partial charge in [0.05, 0.1) is 23.3 Å². The third kappa shape index (κ3) is 4.13. The Balaban J connectivity index is 1.79. The van der Waals surface area contributed by atoms with E-state index in [1.54, 1.807) is 11.1 Å². The van der Waals surface area contributed by atoms with Crippen LogP contribution in [0.25, 0.3) is 0 Å². The second-order valence-electron chi connectivity index (χ2n) is 5.24. The lowest BCUT2D eigenvalue weighted by molar-refractivity contribution is -0.116. The lowest BCUT2D eigenvalue weighted by Crippen LogP contribution is -2.42. The molecule has 5 nitrogen and oxygen atoms in total. The van der Waals surface area contributed by atoms with E-state index in [0.29, 0.717) is 6.42 Å². The third-order valence-corrected chi connectivity index (χ3v) is 7.31. The molecule has 122 valence electrons. The Morgan fingerprint density at radius 2 is 2.13 bits per heavy atom. The Hall–Kier alpha value is -1.38. The van der Waals surface area contributed by atoms with Gasteiger partial charge in [0.25, 0.3) is 0 Å². The lowest BCUT2D eigenvalue weighted by atomic mass is 10.2. The summed E-state index contributed by atoms with van der Waals surface area (Å²) in [4.78, 5) is 18.5. The molecule has 1 fully saturated rings. The molecule has 23 heavy (non-hydrogen) atoms. The largest absolute Gasteiger partial charge is 0.308 e. The van der Waals surface area contributed by atoms with E-state index in [0.717, 1.165) is 10.0 Å². The molecular formula is C15H16N2O3S3. The van der Waals surface area contributed by atoms with E-state index in [9.17, 15) is 13.2 Å². The van der Waals surface area contributed by atoms with Gasteiger partial charge in [-0.3, -0.25) is 4.79 Å². The van der Waals surface area contributed by atoms with Crippen LogP contribution < -0.4 is 4.90 Å². The summed E-state index contributed by atoms with van der Waals surface area (Å²) in [7, 11) is -3.05. The standard InChI is InChI=1S/C15H16N2O3S3/c18-14(10-22-15-16-7-8-21-15)17(12-4-2-1-3-5-12)13-6-9-23(19,20)11-13/h1-5,7-8,13H,6,9-11H2. The number of nitrogens with zero attached hydrogens (tertiary/aromatic N) is 2. The fraction of sp³-hybridized carbons (Fsp3) is 0.333. The summed E-state index contributed by atoms with van der Waals surface area (Å²) in [6.45, 7) is 0. The van der Waals surface area contributed by atoms with Crippen molar-refractivity contribution in [3.05, 3.63) is 41.9 Å². The molecule has 0 aliphatic carbocycles. The highest BCUT2D eigenvalue weighted by atomic mass is 32.2. The van der Waals surface area contributed by atoms with Gasteiger partial charge in [-0.1, -0.05) is 30.0 Å². The minimum atomic E-state index is -3.05. The average Bonchev–Trinajstić information content (AvgIpc) is 3.16. The van der Waals surface area contributed by atoms with E-state index in [4.69, 9.17) is 0 Å². The number of sulfone groups is 1. The van der Waals surface area contributed by atoms with Crippen LogP contribution >= 0.6 is 23.1 Å². The monoisotopic (exact) mass is 368 g/mol. The zero-order valence-electron chi connectivity index (χ0n) is 12.3. The number of thiazole rings is 1. The zero-order chi connectivity index (χ0) is 16.3. The minimum Gasteiger partial charge on any atom is -0.308 e. The Morgan fingerprint density at radius 1 is 1.35 bits per heavy atom. The fourth-order valence-electron chi connectivity index (χ4n) is 2.60. The van der Waals surface area contributed by atoms with Crippen LogP contribution in [0.5, 0.6) is 0 Å². The quantitative estimate of drug-likeness (QED) is 0.759. The summed E-state index contributed by atoms with van der Waals surface area (Å²) < 4.78 is 24.4. The molecule has 1 aliphatic rings. The molecule has 0 spiro atoms. The van der Waals surface area contributed by atoms with E-state index < -0.39 is 9.84 Å². The first-order valence-electron chi connectivity index (χ1n) is 7.15. The van der Waals surface area contributed by atoms with E-state index in [-0.39, 0.29) is 29.2 Å². The summed E-state index contributed by atoms with van der Waals surface area (Å²) in [5.74, 6) is 0.348. The number of aromatic nitrogens is 1. The molecule has 0 radical (unpaired) electrons. The van der Waals surface area contributed by atoms with E-state index in [1.807, 2.05) is 35.7 Å². The summed E-state index contributed by atoms with van der Waals surface area (Å²) in [5.41, 5.74) is 0.749. The van der Waals surface area contributed by atoms with E-state index in [1.165, 1.54) is 23.1 Å². The Morgan fingerprint density at radius 3 is 2.74 bits per heavy atom. The summed E-state index contributed by atoms with van der Waals surface area (Å²) in [6.07, 6.45) is 2.20. The van der Waals surface area contributed by atoms with Gasteiger partial charge in [0.15, 0.2) is 9.84 Å². The molecule has 3 rings (SSSR count). The van der Waals surface area contributed by atoms with Crippen molar-refractivity contribution < 1.29 is 13.2 Å². The van der Waals surface area contributed by atoms with Gasteiger partial charge < -0.3 is 4.90 Å². The van der Waals surface area contributed by atoms with Crippen molar-refractivity contribution in [1.82, 2.24) is 4.98 Å². The molecular weight excluding hydrogens is 352 g/mol. The van der Waals surface area contributed by atoms with Gasteiger partial charge in [0.1, 0.15) is 4.34 Å². The van der Waals surface area contributed by atoms with Gasteiger partial charge in [-0.25, -0.2) is 13.4 Å². The lowest BCUT2D eigenvalue weighted by Gasteiger charge is -2.28. The SMILES string of the molecule is O=C(CSc1nccs1)N(c1ccccc1)C1CCS(=O)(=O)C1. The number of para-hydroxylation sites is 1. The first-order valence-corrected chi connectivity index (χ1v) is 10.8. The van der Waals surface area contributed by atoms with Crippen LogP contribution in [0.3, 0.4) is 0 Å². The summed E-state index contributed by atoms with van der Waals surface area (Å²) in [6, 6.07) is 8.99. The molecule has 1 atom stereocenters. The molecule has 1 aromatic heterocycles.